The molecule has 3 aromatic rings. The number of aliphatic hydroxyl groups excluding tert-OH is 1. The highest BCUT2D eigenvalue weighted by molar-refractivity contribution is 5.94. The molecule has 6 nitrogen and oxygen atoms in total. The molecule has 0 unspecified atom stereocenters. The van der Waals surface area contributed by atoms with Gasteiger partial charge in [-0.15, -0.1) is 10.2 Å². The van der Waals surface area contributed by atoms with Crippen molar-refractivity contribution in [3.8, 4) is 0 Å². The lowest BCUT2D eigenvalue weighted by atomic mass is 10.2. The highest BCUT2D eigenvalue weighted by atomic mass is 16.3. The largest absolute Gasteiger partial charge is 0.395 e. The minimum Gasteiger partial charge on any atom is -0.395 e. The number of amides is 1. The molecule has 1 N–H and O–H groups in total. The van der Waals surface area contributed by atoms with Gasteiger partial charge in [-0.3, -0.25) is 9.20 Å². The van der Waals surface area contributed by atoms with Gasteiger partial charge in [-0.1, -0.05) is 30.3 Å². The maximum absolute atomic E-state index is 12.7. The Bertz CT molecular complexity index is 770. The Labute approximate surface area is 127 Å². The Hall–Kier alpha value is -2.73. The molecule has 0 aliphatic carbocycles. The van der Waals surface area contributed by atoms with Crippen LogP contribution < -0.4 is 0 Å². The molecule has 0 spiro atoms. The summed E-state index contributed by atoms with van der Waals surface area (Å²) in [4.78, 5) is 14.3. The van der Waals surface area contributed by atoms with Crippen LogP contribution in [0, 0.1) is 0 Å². The number of benzene rings is 1. The Morgan fingerprint density at radius 1 is 1.18 bits per heavy atom. The summed E-state index contributed by atoms with van der Waals surface area (Å²) in [7, 11) is 0. The lowest BCUT2D eigenvalue weighted by molar-refractivity contribution is 0.0707. The number of carbonyl (C=O) groups is 1. The van der Waals surface area contributed by atoms with E-state index in [9.17, 15) is 9.90 Å². The Morgan fingerprint density at radius 3 is 2.77 bits per heavy atom. The van der Waals surface area contributed by atoms with Crippen LogP contribution in [0.1, 0.15) is 15.9 Å². The van der Waals surface area contributed by atoms with Crippen molar-refractivity contribution in [1.29, 1.82) is 0 Å². The van der Waals surface area contributed by atoms with Crippen LogP contribution >= 0.6 is 0 Å². The van der Waals surface area contributed by atoms with E-state index >= 15 is 0 Å². The summed E-state index contributed by atoms with van der Waals surface area (Å²) in [5.41, 5.74) is 2.25. The molecule has 0 fully saturated rings. The van der Waals surface area contributed by atoms with Gasteiger partial charge >= 0.3 is 0 Å². The van der Waals surface area contributed by atoms with E-state index < -0.39 is 0 Å². The average molecular weight is 296 g/mol. The minimum atomic E-state index is -0.131. The molecule has 22 heavy (non-hydrogen) atoms. The highest BCUT2D eigenvalue weighted by Gasteiger charge is 2.16. The fourth-order valence-corrected chi connectivity index (χ4v) is 2.31. The summed E-state index contributed by atoms with van der Waals surface area (Å²) in [5, 5.41) is 16.9. The quantitative estimate of drug-likeness (QED) is 0.772. The van der Waals surface area contributed by atoms with E-state index in [1.54, 1.807) is 34.0 Å². The zero-order valence-electron chi connectivity index (χ0n) is 12.0. The van der Waals surface area contributed by atoms with Crippen molar-refractivity contribution in [1.82, 2.24) is 19.5 Å². The number of fused-ring (bicyclic) bond motifs is 1. The van der Waals surface area contributed by atoms with E-state index in [2.05, 4.69) is 10.2 Å². The first-order chi connectivity index (χ1) is 10.8. The van der Waals surface area contributed by atoms with Crippen molar-refractivity contribution in [2.75, 3.05) is 13.2 Å². The van der Waals surface area contributed by atoms with Crippen molar-refractivity contribution < 1.29 is 9.90 Å². The molecule has 6 heteroatoms. The first kappa shape index (κ1) is 14.2. The smallest absolute Gasteiger partial charge is 0.255 e. The summed E-state index contributed by atoms with van der Waals surface area (Å²) in [6.07, 6.45) is 3.26. The number of aliphatic hydroxyl groups is 1. The molecule has 3 rings (SSSR count). The van der Waals surface area contributed by atoms with Crippen molar-refractivity contribution in [2.45, 2.75) is 6.54 Å². The van der Waals surface area contributed by atoms with Crippen LogP contribution in [-0.2, 0) is 6.54 Å². The molecule has 0 bridgehead atoms. The van der Waals surface area contributed by atoms with Crippen molar-refractivity contribution >= 4 is 11.6 Å². The van der Waals surface area contributed by atoms with Crippen LogP contribution in [0.15, 0.2) is 55.0 Å². The van der Waals surface area contributed by atoms with Gasteiger partial charge in [0.2, 0.25) is 0 Å². The number of nitrogens with zero attached hydrogens (tertiary/aromatic N) is 4. The Morgan fingerprint density at radius 2 is 2.00 bits per heavy atom. The topological polar surface area (TPSA) is 70.7 Å². The predicted molar refractivity (Wildman–Crippen MR) is 81.3 cm³/mol. The fraction of sp³-hybridized carbons (Fsp3) is 0.188. The standard InChI is InChI=1S/C16H16N4O2/c21-9-8-19(10-13-4-2-1-3-5-13)16(22)14-6-7-15-18-17-12-20(15)11-14/h1-7,11-12,21H,8-10H2. The molecule has 2 aromatic heterocycles. The monoisotopic (exact) mass is 296 g/mol. The van der Waals surface area contributed by atoms with Crippen LogP contribution in [0.25, 0.3) is 5.65 Å². The van der Waals surface area contributed by atoms with Gasteiger partial charge in [0.1, 0.15) is 6.33 Å². The first-order valence-electron chi connectivity index (χ1n) is 7.01. The van der Waals surface area contributed by atoms with E-state index in [4.69, 9.17) is 0 Å². The third-order valence-corrected chi connectivity index (χ3v) is 3.41. The van der Waals surface area contributed by atoms with E-state index in [1.807, 2.05) is 30.3 Å². The summed E-state index contributed by atoms with van der Waals surface area (Å²) in [6, 6.07) is 13.2. The molecular formula is C16H16N4O2. The van der Waals surface area contributed by atoms with Gasteiger partial charge in [0, 0.05) is 19.3 Å². The van der Waals surface area contributed by atoms with Crippen LogP contribution in [0.4, 0.5) is 0 Å². The molecule has 0 radical (unpaired) electrons. The second kappa shape index (κ2) is 6.36. The van der Waals surface area contributed by atoms with Crippen molar-refractivity contribution in [3.05, 3.63) is 66.1 Å². The molecule has 0 atom stereocenters. The number of hydrogen-bond acceptors (Lipinski definition) is 4. The van der Waals surface area contributed by atoms with E-state index in [1.165, 1.54) is 0 Å². The van der Waals surface area contributed by atoms with Crippen LogP contribution in [0.2, 0.25) is 0 Å². The van der Waals surface area contributed by atoms with Gasteiger partial charge in [-0.2, -0.15) is 0 Å². The third kappa shape index (κ3) is 2.96. The van der Waals surface area contributed by atoms with Crippen molar-refractivity contribution in [2.24, 2.45) is 0 Å². The summed E-state index contributed by atoms with van der Waals surface area (Å²) in [6.45, 7) is 0.668. The lowest BCUT2D eigenvalue weighted by Crippen LogP contribution is -2.33. The molecular weight excluding hydrogens is 280 g/mol. The fourth-order valence-electron chi connectivity index (χ4n) is 2.31. The minimum absolute atomic E-state index is 0.0759. The molecule has 0 saturated carbocycles. The number of aromatic nitrogens is 3. The number of hydrogen-bond donors (Lipinski definition) is 1. The summed E-state index contributed by atoms with van der Waals surface area (Å²) in [5.74, 6) is -0.131. The second-order valence-electron chi connectivity index (χ2n) is 4.95. The molecule has 0 aliphatic heterocycles. The summed E-state index contributed by atoms with van der Waals surface area (Å²) < 4.78 is 1.70. The molecule has 0 saturated heterocycles. The predicted octanol–water partition coefficient (Wildman–Crippen LogP) is 1.36. The van der Waals surface area contributed by atoms with Gasteiger partial charge in [0.25, 0.3) is 5.91 Å². The maximum Gasteiger partial charge on any atom is 0.255 e. The number of carbonyl (C=O) groups excluding carboxylic acids is 1. The third-order valence-electron chi connectivity index (χ3n) is 3.41. The van der Waals surface area contributed by atoms with E-state index in [0.717, 1.165) is 5.56 Å². The van der Waals surface area contributed by atoms with Crippen LogP contribution in [0.3, 0.4) is 0 Å². The SMILES string of the molecule is O=C(c1ccc2nncn2c1)N(CCO)Cc1ccccc1. The van der Waals surface area contributed by atoms with E-state index in [-0.39, 0.29) is 19.1 Å². The molecule has 1 amide bonds. The average Bonchev–Trinajstić information content (AvgIpc) is 3.02. The lowest BCUT2D eigenvalue weighted by Gasteiger charge is -2.22. The van der Waals surface area contributed by atoms with Gasteiger partial charge in [-0.25, -0.2) is 0 Å². The van der Waals surface area contributed by atoms with Gasteiger partial charge in [-0.05, 0) is 17.7 Å². The first-order valence-corrected chi connectivity index (χ1v) is 7.01. The maximum atomic E-state index is 12.7. The molecule has 112 valence electrons. The van der Waals surface area contributed by atoms with Gasteiger partial charge in [0.05, 0.1) is 12.2 Å². The van der Waals surface area contributed by atoms with Gasteiger partial charge < -0.3 is 10.0 Å². The number of pyridine rings is 1. The normalized spacial score (nSPS) is 10.8. The van der Waals surface area contributed by atoms with Gasteiger partial charge in [0.15, 0.2) is 5.65 Å². The van der Waals surface area contributed by atoms with Crippen LogP contribution in [0.5, 0.6) is 0 Å². The molecule has 2 heterocycles. The number of rotatable bonds is 5. The zero-order valence-corrected chi connectivity index (χ0v) is 12.0. The second-order valence-corrected chi connectivity index (χ2v) is 4.95. The summed E-state index contributed by atoms with van der Waals surface area (Å²) >= 11 is 0. The van der Waals surface area contributed by atoms with Crippen LogP contribution in [-0.4, -0.2) is 43.7 Å². The molecule has 0 aliphatic rings. The van der Waals surface area contributed by atoms with E-state index in [0.29, 0.717) is 17.8 Å². The van der Waals surface area contributed by atoms with Crippen molar-refractivity contribution in [3.63, 3.8) is 0 Å². The highest BCUT2D eigenvalue weighted by Crippen LogP contribution is 2.11. The molecule has 1 aromatic carbocycles. The zero-order chi connectivity index (χ0) is 15.4. The Balaban J connectivity index is 1.85. The Kier molecular flexibility index (Phi) is 4.11.